The van der Waals surface area contributed by atoms with Gasteiger partial charge in [0.2, 0.25) is 15.9 Å². The molecule has 2 aromatic rings. The van der Waals surface area contributed by atoms with Gasteiger partial charge in [-0.1, -0.05) is 19.1 Å². The molecule has 1 saturated heterocycles. The van der Waals surface area contributed by atoms with Gasteiger partial charge in [0.15, 0.2) is 0 Å². The second-order valence-electron chi connectivity index (χ2n) is 7.52. The zero-order valence-electron chi connectivity index (χ0n) is 18.3. The molecule has 1 aliphatic rings. The summed E-state index contributed by atoms with van der Waals surface area (Å²) in [5, 5.41) is 2.91. The van der Waals surface area contributed by atoms with Gasteiger partial charge in [0.1, 0.15) is 0 Å². The lowest BCUT2D eigenvalue weighted by molar-refractivity contribution is -0.111. The standard InChI is InChI=1S/C23H30N4O3S/c1-4-26-13-15-27(16-14-26)20-8-11-22(18(2)17-20)25-23(28)12-7-19-5-9-21(10-6-19)31(29,30)24-3/h5-12,17,24H,4,13-16H2,1-3H3,(H,25,28)/b12-7+. The normalized spacial score (nSPS) is 15.4. The maximum Gasteiger partial charge on any atom is 0.248 e. The van der Waals surface area contributed by atoms with Crippen molar-refractivity contribution in [2.45, 2.75) is 18.7 Å². The molecule has 0 spiro atoms. The number of hydrogen-bond donors (Lipinski definition) is 2. The number of benzene rings is 2. The summed E-state index contributed by atoms with van der Waals surface area (Å²) in [6.45, 7) is 9.43. The van der Waals surface area contributed by atoms with E-state index in [1.807, 2.05) is 13.0 Å². The molecule has 166 valence electrons. The van der Waals surface area contributed by atoms with Gasteiger partial charge >= 0.3 is 0 Å². The molecule has 0 radical (unpaired) electrons. The van der Waals surface area contributed by atoms with Crippen LogP contribution in [0.1, 0.15) is 18.1 Å². The highest BCUT2D eigenvalue weighted by molar-refractivity contribution is 7.89. The van der Waals surface area contributed by atoms with Crippen LogP contribution in [0.4, 0.5) is 11.4 Å². The molecule has 0 atom stereocenters. The van der Waals surface area contributed by atoms with Crippen LogP contribution in [-0.2, 0) is 14.8 Å². The molecule has 8 heteroatoms. The van der Waals surface area contributed by atoms with Crippen molar-refractivity contribution in [3.8, 4) is 0 Å². The van der Waals surface area contributed by atoms with Crippen LogP contribution in [0.15, 0.2) is 53.4 Å². The van der Waals surface area contributed by atoms with E-state index < -0.39 is 10.0 Å². The monoisotopic (exact) mass is 442 g/mol. The van der Waals surface area contributed by atoms with Crippen LogP contribution >= 0.6 is 0 Å². The first kappa shape index (κ1) is 23.0. The molecule has 2 aromatic carbocycles. The Morgan fingerprint density at radius 3 is 2.32 bits per heavy atom. The molecule has 31 heavy (non-hydrogen) atoms. The highest BCUT2D eigenvalue weighted by Crippen LogP contribution is 2.24. The lowest BCUT2D eigenvalue weighted by atomic mass is 10.1. The van der Waals surface area contributed by atoms with Gasteiger partial charge in [-0.05, 0) is 68.1 Å². The molecule has 0 saturated carbocycles. The van der Waals surface area contributed by atoms with Crippen molar-refractivity contribution >= 4 is 33.4 Å². The Bertz CT molecular complexity index is 1040. The Hall–Kier alpha value is -2.68. The minimum atomic E-state index is -3.47. The van der Waals surface area contributed by atoms with Crippen molar-refractivity contribution in [2.75, 3.05) is 50.0 Å². The van der Waals surface area contributed by atoms with Crippen LogP contribution in [0.3, 0.4) is 0 Å². The molecule has 0 aliphatic carbocycles. The van der Waals surface area contributed by atoms with E-state index >= 15 is 0 Å². The molecule has 3 rings (SSSR count). The second kappa shape index (κ2) is 10.1. The van der Waals surface area contributed by atoms with Crippen molar-refractivity contribution in [3.63, 3.8) is 0 Å². The van der Waals surface area contributed by atoms with Crippen molar-refractivity contribution in [1.29, 1.82) is 0 Å². The van der Waals surface area contributed by atoms with E-state index in [9.17, 15) is 13.2 Å². The zero-order chi connectivity index (χ0) is 22.4. The minimum Gasteiger partial charge on any atom is -0.369 e. The van der Waals surface area contributed by atoms with E-state index in [0.29, 0.717) is 0 Å². The third kappa shape index (κ3) is 5.94. The third-order valence-corrected chi connectivity index (χ3v) is 6.97. The second-order valence-corrected chi connectivity index (χ2v) is 9.41. The number of nitrogens with one attached hydrogen (secondary N) is 2. The summed E-state index contributed by atoms with van der Waals surface area (Å²) in [4.78, 5) is 17.3. The summed E-state index contributed by atoms with van der Waals surface area (Å²) in [5.41, 5.74) is 3.71. The van der Waals surface area contributed by atoms with Gasteiger partial charge in [0.25, 0.3) is 0 Å². The molecule has 1 aliphatic heterocycles. The van der Waals surface area contributed by atoms with Crippen LogP contribution in [0.5, 0.6) is 0 Å². The number of carbonyl (C=O) groups excluding carboxylic acids is 1. The van der Waals surface area contributed by atoms with Crippen LogP contribution in [0, 0.1) is 6.92 Å². The number of amides is 1. The first-order valence-corrected chi connectivity index (χ1v) is 11.9. The van der Waals surface area contributed by atoms with Gasteiger partial charge in [0.05, 0.1) is 4.90 Å². The number of piperazine rings is 1. The number of carbonyl (C=O) groups is 1. The van der Waals surface area contributed by atoms with E-state index in [4.69, 9.17) is 0 Å². The van der Waals surface area contributed by atoms with E-state index in [1.165, 1.54) is 30.9 Å². The lowest BCUT2D eigenvalue weighted by Gasteiger charge is -2.35. The number of likely N-dealkylation sites (N-methyl/N-ethyl adjacent to an activating group) is 1. The van der Waals surface area contributed by atoms with Crippen molar-refractivity contribution < 1.29 is 13.2 Å². The fourth-order valence-corrected chi connectivity index (χ4v) is 4.26. The number of rotatable bonds is 7. The van der Waals surface area contributed by atoms with E-state index in [-0.39, 0.29) is 10.8 Å². The molecule has 1 heterocycles. The number of nitrogens with zero attached hydrogens (tertiary/aromatic N) is 2. The van der Waals surface area contributed by atoms with Gasteiger partial charge in [-0.3, -0.25) is 4.79 Å². The van der Waals surface area contributed by atoms with Gasteiger partial charge in [-0.15, -0.1) is 0 Å². The van der Waals surface area contributed by atoms with Gasteiger partial charge in [-0.2, -0.15) is 0 Å². The summed E-state index contributed by atoms with van der Waals surface area (Å²) >= 11 is 0. The fraction of sp³-hybridized carbons (Fsp3) is 0.348. The molecule has 1 amide bonds. The topological polar surface area (TPSA) is 81.8 Å². The quantitative estimate of drug-likeness (QED) is 0.645. The highest BCUT2D eigenvalue weighted by atomic mass is 32.2. The van der Waals surface area contributed by atoms with Crippen molar-refractivity contribution in [3.05, 3.63) is 59.7 Å². The molecule has 0 unspecified atom stereocenters. The Morgan fingerprint density at radius 2 is 1.74 bits per heavy atom. The highest BCUT2D eigenvalue weighted by Gasteiger charge is 2.16. The molecule has 0 bridgehead atoms. The molecule has 2 N–H and O–H groups in total. The average Bonchev–Trinajstić information content (AvgIpc) is 2.79. The summed E-state index contributed by atoms with van der Waals surface area (Å²) in [5.74, 6) is -0.237. The van der Waals surface area contributed by atoms with Crippen molar-refractivity contribution in [1.82, 2.24) is 9.62 Å². The number of aryl methyl sites for hydroxylation is 1. The van der Waals surface area contributed by atoms with Gasteiger partial charge in [-0.25, -0.2) is 13.1 Å². The first-order chi connectivity index (χ1) is 14.8. The summed E-state index contributed by atoms with van der Waals surface area (Å²) in [6.07, 6.45) is 3.10. The maximum absolute atomic E-state index is 12.3. The predicted molar refractivity (Wildman–Crippen MR) is 126 cm³/mol. The molecule has 0 aromatic heterocycles. The Balaban J connectivity index is 1.60. The van der Waals surface area contributed by atoms with Crippen LogP contribution in [-0.4, -0.2) is 59.0 Å². The van der Waals surface area contributed by atoms with Gasteiger partial charge in [0, 0.05) is 43.6 Å². The number of sulfonamides is 1. The molecular formula is C23H30N4O3S. The van der Waals surface area contributed by atoms with Crippen LogP contribution in [0.25, 0.3) is 6.08 Å². The largest absolute Gasteiger partial charge is 0.369 e. The fourth-order valence-electron chi connectivity index (χ4n) is 3.53. The Labute approximate surface area is 184 Å². The summed E-state index contributed by atoms with van der Waals surface area (Å²) < 4.78 is 25.8. The first-order valence-electron chi connectivity index (χ1n) is 10.4. The van der Waals surface area contributed by atoms with Crippen LogP contribution < -0.4 is 14.9 Å². The summed E-state index contributed by atoms with van der Waals surface area (Å²) in [6, 6.07) is 12.4. The Kier molecular flexibility index (Phi) is 7.48. The average molecular weight is 443 g/mol. The molecule has 1 fully saturated rings. The van der Waals surface area contributed by atoms with E-state index in [2.05, 4.69) is 38.9 Å². The summed E-state index contributed by atoms with van der Waals surface area (Å²) in [7, 11) is -2.10. The molecular weight excluding hydrogens is 412 g/mol. The minimum absolute atomic E-state index is 0.184. The SMILES string of the molecule is CCN1CCN(c2ccc(NC(=O)/C=C/c3ccc(S(=O)(=O)NC)cc3)c(C)c2)CC1. The smallest absolute Gasteiger partial charge is 0.248 e. The maximum atomic E-state index is 12.3. The van der Waals surface area contributed by atoms with Crippen LogP contribution in [0.2, 0.25) is 0 Å². The van der Waals surface area contributed by atoms with E-state index in [0.717, 1.165) is 49.5 Å². The van der Waals surface area contributed by atoms with Gasteiger partial charge < -0.3 is 15.1 Å². The molecule has 7 nitrogen and oxygen atoms in total. The zero-order valence-corrected chi connectivity index (χ0v) is 19.1. The van der Waals surface area contributed by atoms with E-state index in [1.54, 1.807) is 18.2 Å². The number of hydrogen-bond acceptors (Lipinski definition) is 5. The number of anilines is 2. The predicted octanol–water partition coefficient (Wildman–Crippen LogP) is 2.70. The lowest BCUT2D eigenvalue weighted by Crippen LogP contribution is -2.46. The van der Waals surface area contributed by atoms with Crippen molar-refractivity contribution in [2.24, 2.45) is 0 Å². The Morgan fingerprint density at radius 1 is 1.06 bits per heavy atom. The third-order valence-electron chi connectivity index (χ3n) is 5.54.